The van der Waals surface area contributed by atoms with E-state index in [4.69, 9.17) is 0 Å². The molecule has 1 fully saturated rings. The minimum atomic E-state index is -0.276. The lowest BCUT2D eigenvalue weighted by molar-refractivity contribution is 0.194. The lowest BCUT2D eigenvalue weighted by Crippen LogP contribution is -2.47. The van der Waals surface area contributed by atoms with Crippen molar-refractivity contribution < 1.29 is 4.39 Å². The molecular formula is C20H18FN3. The maximum absolute atomic E-state index is 13.4. The minimum absolute atomic E-state index is 0.276. The molecule has 120 valence electrons. The van der Waals surface area contributed by atoms with Crippen LogP contribution in [0.1, 0.15) is 29.9 Å². The summed E-state index contributed by atoms with van der Waals surface area (Å²) in [5.41, 5.74) is 4.36. The summed E-state index contributed by atoms with van der Waals surface area (Å²) in [7, 11) is 0. The van der Waals surface area contributed by atoms with E-state index < -0.39 is 0 Å². The van der Waals surface area contributed by atoms with E-state index in [2.05, 4.69) is 39.6 Å². The topological polar surface area (TPSA) is 37.8 Å². The third kappa shape index (κ3) is 2.17. The molecule has 5 rings (SSSR count). The standard InChI is InChI=1S/C20H18FN3/c21-13-6-8-17-19(9-13)24-20(11-22-17)23-18-10-16-14-4-2-1-3-12(14)5-7-15(16)18/h1-4,6,8-9,11,15-16,18H,5,7,10H2,(H,23,24). The number of anilines is 1. The second-order valence-corrected chi connectivity index (χ2v) is 6.88. The molecule has 1 aromatic heterocycles. The first-order valence-electron chi connectivity index (χ1n) is 8.54. The number of aromatic nitrogens is 2. The Morgan fingerprint density at radius 3 is 2.96 bits per heavy atom. The van der Waals surface area contributed by atoms with Gasteiger partial charge < -0.3 is 5.32 Å². The van der Waals surface area contributed by atoms with Crippen LogP contribution in [-0.4, -0.2) is 16.0 Å². The molecule has 1 saturated carbocycles. The zero-order valence-corrected chi connectivity index (χ0v) is 13.2. The Morgan fingerprint density at radius 1 is 1.08 bits per heavy atom. The van der Waals surface area contributed by atoms with E-state index in [-0.39, 0.29) is 5.82 Å². The summed E-state index contributed by atoms with van der Waals surface area (Å²) >= 11 is 0. The second kappa shape index (κ2) is 5.26. The van der Waals surface area contributed by atoms with Crippen molar-refractivity contribution >= 4 is 16.9 Å². The van der Waals surface area contributed by atoms with E-state index >= 15 is 0 Å². The molecule has 2 aliphatic rings. The van der Waals surface area contributed by atoms with Crippen molar-refractivity contribution in [2.24, 2.45) is 5.92 Å². The lowest BCUT2D eigenvalue weighted by atomic mass is 9.60. The van der Waals surface area contributed by atoms with Crippen molar-refractivity contribution in [2.75, 3.05) is 5.32 Å². The predicted molar refractivity (Wildman–Crippen MR) is 92.5 cm³/mol. The number of benzene rings is 2. The van der Waals surface area contributed by atoms with Gasteiger partial charge in [-0.25, -0.2) is 9.37 Å². The number of fused-ring (bicyclic) bond motifs is 4. The molecule has 0 aliphatic heterocycles. The van der Waals surface area contributed by atoms with E-state index in [9.17, 15) is 4.39 Å². The molecule has 0 amide bonds. The average molecular weight is 319 g/mol. The van der Waals surface area contributed by atoms with Crippen LogP contribution in [0.15, 0.2) is 48.7 Å². The highest BCUT2D eigenvalue weighted by Crippen LogP contribution is 2.50. The smallest absolute Gasteiger partial charge is 0.145 e. The highest BCUT2D eigenvalue weighted by molar-refractivity contribution is 5.75. The Hall–Kier alpha value is -2.49. The molecule has 3 nitrogen and oxygen atoms in total. The molecular weight excluding hydrogens is 301 g/mol. The Balaban J connectivity index is 1.37. The number of nitrogens with one attached hydrogen (secondary N) is 1. The number of halogens is 1. The molecule has 3 aromatic rings. The Bertz CT molecular complexity index is 924. The Kier molecular flexibility index (Phi) is 3.05. The largest absolute Gasteiger partial charge is 0.366 e. The molecule has 1 heterocycles. The van der Waals surface area contributed by atoms with Gasteiger partial charge in [-0.05, 0) is 54.4 Å². The first-order chi connectivity index (χ1) is 11.8. The molecule has 1 N–H and O–H groups in total. The molecule has 3 atom stereocenters. The van der Waals surface area contributed by atoms with Gasteiger partial charge in [0.1, 0.15) is 11.6 Å². The number of aryl methyl sites for hydroxylation is 1. The van der Waals surface area contributed by atoms with E-state index in [1.165, 1.54) is 29.7 Å². The van der Waals surface area contributed by atoms with Gasteiger partial charge in [-0.3, -0.25) is 4.98 Å². The molecule has 0 radical (unpaired) electrons. The molecule has 3 unspecified atom stereocenters. The molecule has 4 heteroatoms. The van der Waals surface area contributed by atoms with Crippen LogP contribution in [-0.2, 0) is 6.42 Å². The van der Waals surface area contributed by atoms with Gasteiger partial charge in [0.05, 0.1) is 17.2 Å². The third-order valence-electron chi connectivity index (χ3n) is 5.58. The first kappa shape index (κ1) is 13.9. The summed E-state index contributed by atoms with van der Waals surface area (Å²) in [6.07, 6.45) is 5.26. The van der Waals surface area contributed by atoms with Crippen molar-refractivity contribution in [3.05, 3.63) is 65.6 Å². The highest BCUT2D eigenvalue weighted by atomic mass is 19.1. The van der Waals surface area contributed by atoms with E-state index in [1.807, 2.05) is 0 Å². The number of rotatable bonds is 2. The van der Waals surface area contributed by atoms with Gasteiger partial charge in [-0.1, -0.05) is 24.3 Å². The van der Waals surface area contributed by atoms with Gasteiger partial charge >= 0.3 is 0 Å². The monoisotopic (exact) mass is 319 g/mol. The normalized spacial score (nSPS) is 24.8. The first-order valence-corrected chi connectivity index (χ1v) is 8.54. The molecule has 0 saturated heterocycles. The average Bonchev–Trinajstić information content (AvgIpc) is 2.59. The van der Waals surface area contributed by atoms with Crippen LogP contribution >= 0.6 is 0 Å². The summed E-state index contributed by atoms with van der Waals surface area (Å²) in [4.78, 5) is 8.91. The fourth-order valence-corrected chi connectivity index (χ4v) is 4.32. The van der Waals surface area contributed by atoms with Gasteiger partial charge in [0.2, 0.25) is 0 Å². The van der Waals surface area contributed by atoms with Gasteiger partial charge in [0.25, 0.3) is 0 Å². The summed E-state index contributed by atoms with van der Waals surface area (Å²) in [5.74, 6) is 1.79. The second-order valence-electron chi connectivity index (χ2n) is 6.88. The van der Waals surface area contributed by atoms with E-state index in [0.717, 1.165) is 24.2 Å². The molecule has 2 aliphatic carbocycles. The van der Waals surface area contributed by atoms with Crippen molar-refractivity contribution in [2.45, 2.75) is 31.2 Å². The highest BCUT2D eigenvalue weighted by Gasteiger charge is 2.44. The fraction of sp³-hybridized carbons (Fsp3) is 0.300. The molecule has 0 spiro atoms. The van der Waals surface area contributed by atoms with Gasteiger partial charge in [-0.15, -0.1) is 0 Å². The van der Waals surface area contributed by atoms with Gasteiger partial charge in [-0.2, -0.15) is 0 Å². The van der Waals surface area contributed by atoms with Crippen LogP contribution in [0.2, 0.25) is 0 Å². The van der Waals surface area contributed by atoms with E-state index in [1.54, 1.807) is 12.3 Å². The minimum Gasteiger partial charge on any atom is -0.366 e. The Labute approximate surface area is 140 Å². The summed E-state index contributed by atoms with van der Waals surface area (Å²) in [6, 6.07) is 13.8. The van der Waals surface area contributed by atoms with Crippen molar-refractivity contribution in [3.63, 3.8) is 0 Å². The summed E-state index contributed by atoms with van der Waals surface area (Å²) in [6.45, 7) is 0. The van der Waals surface area contributed by atoms with Crippen LogP contribution in [0, 0.1) is 11.7 Å². The van der Waals surface area contributed by atoms with Crippen LogP contribution < -0.4 is 5.32 Å². The number of nitrogens with zero attached hydrogens (tertiary/aromatic N) is 2. The lowest BCUT2D eigenvalue weighted by Gasteiger charge is -2.49. The Morgan fingerprint density at radius 2 is 2.00 bits per heavy atom. The maximum Gasteiger partial charge on any atom is 0.145 e. The zero-order chi connectivity index (χ0) is 16.1. The third-order valence-corrected chi connectivity index (χ3v) is 5.58. The van der Waals surface area contributed by atoms with Gasteiger partial charge in [0, 0.05) is 12.1 Å². The van der Waals surface area contributed by atoms with Crippen LogP contribution in [0.25, 0.3) is 11.0 Å². The van der Waals surface area contributed by atoms with Gasteiger partial charge in [0.15, 0.2) is 0 Å². The van der Waals surface area contributed by atoms with Crippen molar-refractivity contribution in [3.8, 4) is 0 Å². The van der Waals surface area contributed by atoms with E-state index in [0.29, 0.717) is 23.4 Å². The van der Waals surface area contributed by atoms with Crippen LogP contribution in [0.4, 0.5) is 10.2 Å². The van der Waals surface area contributed by atoms with Crippen LogP contribution in [0.3, 0.4) is 0 Å². The predicted octanol–water partition coefficient (Wildman–Crippen LogP) is 4.30. The zero-order valence-electron chi connectivity index (χ0n) is 13.2. The fourth-order valence-electron chi connectivity index (χ4n) is 4.32. The quantitative estimate of drug-likeness (QED) is 0.765. The van der Waals surface area contributed by atoms with Crippen LogP contribution in [0.5, 0.6) is 0 Å². The number of hydrogen-bond acceptors (Lipinski definition) is 3. The van der Waals surface area contributed by atoms with Crippen molar-refractivity contribution in [1.29, 1.82) is 0 Å². The molecule has 0 bridgehead atoms. The maximum atomic E-state index is 13.4. The molecule has 24 heavy (non-hydrogen) atoms. The molecule has 2 aromatic carbocycles. The van der Waals surface area contributed by atoms with Crippen molar-refractivity contribution in [1.82, 2.24) is 9.97 Å². The number of hydrogen-bond donors (Lipinski definition) is 1. The SMILES string of the molecule is Fc1ccc2ncc(NC3CC4c5ccccc5CCC34)nc2c1. The summed E-state index contributed by atoms with van der Waals surface area (Å²) in [5, 5.41) is 3.52. The summed E-state index contributed by atoms with van der Waals surface area (Å²) < 4.78 is 13.4.